The molecule has 0 unspecified atom stereocenters. The van der Waals surface area contributed by atoms with Crippen molar-refractivity contribution < 1.29 is 0 Å². The van der Waals surface area contributed by atoms with Gasteiger partial charge < -0.3 is 9.88 Å². The summed E-state index contributed by atoms with van der Waals surface area (Å²) in [7, 11) is 0. The first-order chi connectivity index (χ1) is 16.5. The molecule has 1 aliphatic rings. The van der Waals surface area contributed by atoms with Gasteiger partial charge >= 0.3 is 0 Å². The molecule has 0 radical (unpaired) electrons. The average molecular weight is 471 g/mol. The molecule has 5 rings (SSSR count). The third-order valence-electron chi connectivity index (χ3n) is 7.28. The van der Waals surface area contributed by atoms with Gasteiger partial charge in [0.25, 0.3) is 0 Å². The van der Waals surface area contributed by atoms with E-state index >= 15 is 0 Å². The summed E-state index contributed by atoms with van der Waals surface area (Å²) in [4.78, 5) is 15.7. The van der Waals surface area contributed by atoms with Crippen LogP contribution in [0, 0.1) is 27.7 Å². The Labute approximate surface area is 207 Å². The first kappa shape index (κ1) is 22.7. The third-order valence-corrected chi connectivity index (χ3v) is 7.54. The fourth-order valence-corrected chi connectivity index (χ4v) is 5.44. The van der Waals surface area contributed by atoms with E-state index in [-0.39, 0.29) is 0 Å². The number of imidazole rings is 1. The van der Waals surface area contributed by atoms with Crippen LogP contribution < -0.4 is 4.90 Å². The lowest BCUT2D eigenvalue weighted by atomic mass is 9.90. The van der Waals surface area contributed by atoms with E-state index in [1.54, 1.807) is 0 Å². The highest BCUT2D eigenvalue weighted by Crippen LogP contribution is 2.41. The van der Waals surface area contributed by atoms with Crippen molar-refractivity contribution in [3.05, 3.63) is 76.1 Å². The minimum atomic E-state index is 0.719. The molecule has 0 atom stereocenters. The number of anilines is 1. The predicted octanol–water partition coefficient (Wildman–Crippen LogP) is 7.68. The van der Waals surface area contributed by atoms with E-state index in [1.807, 2.05) is 48.8 Å². The van der Waals surface area contributed by atoms with Crippen LogP contribution in [0.4, 0.5) is 5.69 Å². The van der Waals surface area contributed by atoms with Crippen LogP contribution >= 0.6 is 11.6 Å². The average Bonchev–Trinajstić information content (AvgIpc) is 3.29. The van der Waals surface area contributed by atoms with Crippen molar-refractivity contribution in [3.63, 3.8) is 0 Å². The van der Waals surface area contributed by atoms with Gasteiger partial charge in [-0.3, -0.25) is 4.98 Å². The van der Waals surface area contributed by atoms with E-state index in [0.717, 1.165) is 46.5 Å². The molecule has 5 heteroatoms. The largest absolute Gasteiger partial charge is 0.371 e. The third kappa shape index (κ3) is 4.01. The Bertz CT molecular complexity index is 1320. The summed E-state index contributed by atoms with van der Waals surface area (Å²) in [5.41, 5.74) is 11.9. The minimum absolute atomic E-state index is 0.719. The number of pyridine rings is 1. The zero-order valence-corrected chi connectivity index (χ0v) is 21.1. The van der Waals surface area contributed by atoms with Gasteiger partial charge in [-0.25, -0.2) is 4.98 Å². The standard InChI is InChI=1S/C29H31ClN4/c1-18-19(2)25(21(4)28(20(18)3)34-16-6-5-7-17-34)29-32-26(22-8-10-24(30)11-9-22)27(33-29)23-12-14-31-15-13-23/h8-15H,5-7,16-17H2,1-4H3,(H,32,33). The summed E-state index contributed by atoms with van der Waals surface area (Å²) < 4.78 is 0. The highest BCUT2D eigenvalue weighted by atomic mass is 35.5. The smallest absolute Gasteiger partial charge is 0.139 e. The van der Waals surface area contributed by atoms with Crippen LogP contribution in [0.2, 0.25) is 5.02 Å². The van der Waals surface area contributed by atoms with Crippen LogP contribution in [0.3, 0.4) is 0 Å². The van der Waals surface area contributed by atoms with Gasteiger partial charge in [0.2, 0.25) is 0 Å². The van der Waals surface area contributed by atoms with E-state index < -0.39 is 0 Å². The van der Waals surface area contributed by atoms with Crippen LogP contribution in [0.25, 0.3) is 33.9 Å². The summed E-state index contributed by atoms with van der Waals surface area (Å²) in [6.07, 6.45) is 7.48. The number of benzene rings is 2. The molecule has 0 aliphatic carbocycles. The van der Waals surface area contributed by atoms with Crippen molar-refractivity contribution in [2.24, 2.45) is 0 Å². The number of H-pyrrole nitrogens is 1. The zero-order chi connectivity index (χ0) is 23.8. The van der Waals surface area contributed by atoms with Gasteiger partial charge in [0, 0.05) is 52.9 Å². The molecule has 4 aromatic rings. The number of halogens is 1. The van der Waals surface area contributed by atoms with E-state index in [0.29, 0.717) is 0 Å². The highest BCUT2D eigenvalue weighted by molar-refractivity contribution is 6.30. The molecule has 0 spiro atoms. The van der Waals surface area contributed by atoms with Crippen LogP contribution in [-0.2, 0) is 0 Å². The Balaban J connectivity index is 1.73. The quantitative estimate of drug-likeness (QED) is 0.332. The monoisotopic (exact) mass is 470 g/mol. The summed E-state index contributed by atoms with van der Waals surface area (Å²) in [5.74, 6) is 0.910. The molecule has 34 heavy (non-hydrogen) atoms. The Morgan fingerprint density at radius 3 is 2.12 bits per heavy atom. The maximum atomic E-state index is 6.18. The molecule has 3 heterocycles. The molecule has 1 aliphatic heterocycles. The van der Waals surface area contributed by atoms with E-state index in [9.17, 15) is 0 Å². The van der Waals surface area contributed by atoms with Gasteiger partial charge in [-0.1, -0.05) is 23.7 Å². The van der Waals surface area contributed by atoms with Crippen molar-refractivity contribution in [2.45, 2.75) is 47.0 Å². The van der Waals surface area contributed by atoms with Gasteiger partial charge in [0.1, 0.15) is 5.82 Å². The fraction of sp³-hybridized carbons (Fsp3) is 0.310. The first-order valence-electron chi connectivity index (χ1n) is 12.1. The van der Waals surface area contributed by atoms with Gasteiger partial charge in [0.05, 0.1) is 11.4 Å². The molecular formula is C29H31ClN4. The normalized spacial score (nSPS) is 14.0. The van der Waals surface area contributed by atoms with E-state index in [2.05, 4.69) is 42.6 Å². The molecule has 1 saturated heterocycles. The lowest BCUT2D eigenvalue weighted by Gasteiger charge is -2.33. The summed E-state index contributed by atoms with van der Waals surface area (Å²) in [6.45, 7) is 11.2. The summed E-state index contributed by atoms with van der Waals surface area (Å²) in [5, 5.41) is 0.719. The number of hydrogen-bond acceptors (Lipinski definition) is 3. The van der Waals surface area contributed by atoms with Crippen molar-refractivity contribution in [3.8, 4) is 33.9 Å². The Morgan fingerprint density at radius 2 is 1.44 bits per heavy atom. The SMILES string of the molecule is Cc1c(C)c(-c2nc(-c3ccc(Cl)cc3)c(-c3ccncc3)[nH]2)c(C)c(N2CCCCC2)c1C. The van der Waals surface area contributed by atoms with Crippen LogP contribution in [0.1, 0.15) is 41.5 Å². The topological polar surface area (TPSA) is 44.8 Å². The molecular weight excluding hydrogens is 440 g/mol. The molecule has 0 saturated carbocycles. The number of piperidine rings is 1. The Morgan fingerprint density at radius 1 is 0.765 bits per heavy atom. The molecule has 4 nitrogen and oxygen atoms in total. The van der Waals surface area contributed by atoms with Crippen molar-refractivity contribution in [2.75, 3.05) is 18.0 Å². The van der Waals surface area contributed by atoms with Crippen molar-refractivity contribution in [1.82, 2.24) is 15.0 Å². The molecule has 0 bridgehead atoms. The predicted molar refractivity (Wildman–Crippen MR) is 143 cm³/mol. The molecule has 2 aromatic carbocycles. The fourth-order valence-electron chi connectivity index (χ4n) is 5.31. The molecule has 2 aromatic heterocycles. The Kier molecular flexibility index (Phi) is 6.18. The van der Waals surface area contributed by atoms with Crippen LogP contribution in [0.15, 0.2) is 48.8 Å². The van der Waals surface area contributed by atoms with E-state index in [4.69, 9.17) is 16.6 Å². The second kappa shape index (κ2) is 9.27. The molecule has 1 fully saturated rings. The Hall–Kier alpha value is -3.11. The highest BCUT2D eigenvalue weighted by Gasteiger charge is 2.24. The second-order valence-electron chi connectivity index (χ2n) is 9.32. The molecule has 1 N–H and O–H groups in total. The van der Waals surface area contributed by atoms with Gasteiger partial charge in [-0.05, 0) is 93.5 Å². The first-order valence-corrected chi connectivity index (χ1v) is 12.5. The lowest BCUT2D eigenvalue weighted by Crippen LogP contribution is -2.31. The van der Waals surface area contributed by atoms with Crippen molar-refractivity contribution >= 4 is 17.3 Å². The van der Waals surface area contributed by atoms with Crippen molar-refractivity contribution in [1.29, 1.82) is 0 Å². The maximum Gasteiger partial charge on any atom is 0.139 e. The number of aromatic amines is 1. The second-order valence-corrected chi connectivity index (χ2v) is 9.76. The summed E-state index contributed by atoms with van der Waals surface area (Å²) in [6, 6.07) is 12.0. The number of nitrogens with zero attached hydrogens (tertiary/aromatic N) is 3. The van der Waals surface area contributed by atoms with Gasteiger partial charge in [-0.2, -0.15) is 0 Å². The number of nitrogens with one attached hydrogen (secondary N) is 1. The lowest BCUT2D eigenvalue weighted by molar-refractivity contribution is 0.576. The summed E-state index contributed by atoms with van der Waals surface area (Å²) >= 11 is 6.18. The van der Waals surface area contributed by atoms with Gasteiger partial charge in [0.15, 0.2) is 0 Å². The number of rotatable bonds is 4. The van der Waals surface area contributed by atoms with E-state index in [1.165, 1.54) is 52.8 Å². The number of aromatic nitrogens is 3. The molecule has 0 amide bonds. The maximum absolute atomic E-state index is 6.18. The minimum Gasteiger partial charge on any atom is -0.371 e. The van der Waals surface area contributed by atoms with Crippen LogP contribution in [-0.4, -0.2) is 28.0 Å². The zero-order valence-electron chi connectivity index (χ0n) is 20.4. The van der Waals surface area contributed by atoms with Crippen LogP contribution in [0.5, 0.6) is 0 Å². The van der Waals surface area contributed by atoms with Gasteiger partial charge in [-0.15, -0.1) is 0 Å². The molecule has 174 valence electrons. The number of hydrogen-bond donors (Lipinski definition) is 1.